The van der Waals surface area contributed by atoms with Gasteiger partial charge in [0.2, 0.25) is 0 Å². The Morgan fingerprint density at radius 1 is 1.12 bits per heavy atom. The molecule has 4 nitrogen and oxygen atoms in total. The molecular weight excluding hydrogens is 356 g/mol. The standard InChI is InChI=1S/C19H23ClN2O2S/c1-4-22(5-2)16(14-8-6-7-9-15(14)20)12-21-19(24)18-11-10-17(25-18)13(3)23/h6-11,16H,4-5,12H2,1-3H3,(H,21,24)/t16-/m0/s1. The highest BCUT2D eigenvalue weighted by Gasteiger charge is 2.21. The molecule has 1 amide bonds. The lowest BCUT2D eigenvalue weighted by Gasteiger charge is -2.30. The maximum atomic E-state index is 12.4. The van der Waals surface area contributed by atoms with Gasteiger partial charge in [-0.1, -0.05) is 43.6 Å². The minimum Gasteiger partial charge on any atom is -0.349 e. The first-order valence-corrected chi connectivity index (χ1v) is 9.54. The highest BCUT2D eigenvalue weighted by molar-refractivity contribution is 7.15. The van der Waals surface area contributed by atoms with Crippen LogP contribution in [-0.2, 0) is 0 Å². The van der Waals surface area contributed by atoms with E-state index in [9.17, 15) is 9.59 Å². The van der Waals surface area contributed by atoms with Crippen molar-refractivity contribution in [3.8, 4) is 0 Å². The molecule has 0 saturated carbocycles. The Bertz CT molecular complexity index is 741. The number of amides is 1. The fourth-order valence-electron chi connectivity index (χ4n) is 2.77. The van der Waals surface area contributed by atoms with Gasteiger partial charge in [0.15, 0.2) is 5.78 Å². The third-order valence-corrected chi connectivity index (χ3v) is 5.68. The Hall–Kier alpha value is -1.69. The summed E-state index contributed by atoms with van der Waals surface area (Å²) in [6.07, 6.45) is 0. The van der Waals surface area contributed by atoms with Crippen molar-refractivity contribution in [2.75, 3.05) is 19.6 Å². The van der Waals surface area contributed by atoms with E-state index in [1.54, 1.807) is 12.1 Å². The van der Waals surface area contributed by atoms with Gasteiger partial charge in [0.05, 0.1) is 15.8 Å². The first-order chi connectivity index (χ1) is 12.0. The predicted octanol–water partition coefficient (Wildman–Crippen LogP) is 4.42. The van der Waals surface area contributed by atoms with Gasteiger partial charge in [-0.3, -0.25) is 14.5 Å². The largest absolute Gasteiger partial charge is 0.349 e. The lowest BCUT2D eigenvalue weighted by atomic mass is 10.0. The molecule has 0 unspecified atom stereocenters. The van der Waals surface area contributed by atoms with Crippen molar-refractivity contribution in [2.45, 2.75) is 26.8 Å². The number of carbonyl (C=O) groups excluding carboxylic acids is 2. The molecule has 0 aliphatic heterocycles. The van der Waals surface area contributed by atoms with E-state index in [1.165, 1.54) is 18.3 Å². The number of carbonyl (C=O) groups is 2. The van der Waals surface area contributed by atoms with Crippen molar-refractivity contribution in [1.82, 2.24) is 10.2 Å². The van der Waals surface area contributed by atoms with E-state index in [2.05, 4.69) is 24.1 Å². The fraction of sp³-hybridized carbons (Fsp3) is 0.368. The minimum atomic E-state index is -0.165. The smallest absolute Gasteiger partial charge is 0.261 e. The van der Waals surface area contributed by atoms with Crippen LogP contribution in [0.25, 0.3) is 0 Å². The van der Waals surface area contributed by atoms with Gasteiger partial charge in [0, 0.05) is 11.6 Å². The van der Waals surface area contributed by atoms with Crippen LogP contribution in [0.5, 0.6) is 0 Å². The summed E-state index contributed by atoms with van der Waals surface area (Å²) in [5.74, 6) is -0.192. The number of Topliss-reactive ketones (excluding diaryl/α,β-unsaturated/α-hetero) is 1. The number of rotatable bonds is 8. The second-order valence-corrected chi connectivity index (χ2v) is 7.18. The average molecular weight is 379 g/mol. The average Bonchev–Trinajstić information content (AvgIpc) is 3.10. The van der Waals surface area contributed by atoms with Gasteiger partial charge in [0.1, 0.15) is 0 Å². The number of likely N-dealkylation sites (N-methyl/N-ethyl adjacent to an activating group) is 1. The molecule has 0 radical (unpaired) electrons. The van der Waals surface area contributed by atoms with E-state index in [0.29, 0.717) is 21.3 Å². The van der Waals surface area contributed by atoms with Crippen LogP contribution in [0.3, 0.4) is 0 Å². The van der Waals surface area contributed by atoms with Crippen molar-refractivity contribution in [3.63, 3.8) is 0 Å². The predicted molar refractivity (Wildman–Crippen MR) is 104 cm³/mol. The van der Waals surface area contributed by atoms with Gasteiger partial charge in [-0.15, -0.1) is 11.3 Å². The quantitative estimate of drug-likeness (QED) is 0.692. The maximum absolute atomic E-state index is 12.4. The zero-order valence-corrected chi connectivity index (χ0v) is 16.3. The zero-order chi connectivity index (χ0) is 18.4. The molecule has 2 aromatic rings. The molecule has 1 N–H and O–H groups in total. The van der Waals surface area contributed by atoms with Crippen LogP contribution in [0.1, 0.15) is 51.7 Å². The first kappa shape index (κ1) is 19.6. The number of thiophene rings is 1. The number of ketones is 1. The van der Waals surface area contributed by atoms with E-state index in [-0.39, 0.29) is 17.7 Å². The van der Waals surface area contributed by atoms with Gasteiger partial charge in [0.25, 0.3) is 5.91 Å². The Morgan fingerprint density at radius 3 is 2.32 bits per heavy atom. The molecule has 2 rings (SSSR count). The van der Waals surface area contributed by atoms with Crippen molar-refractivity contribution in [1.29, 1.82) is 0 Å². The molecule has 0 aliphatic rings. The van der Waals surface area contributed by atoms with Crippen LogP contribution < -0.4 is 5.32 Å². The van der Waals surface area contributed by atoms with Gasteiger partial charge in [-0.2, -0.15) is 0 Å². The zero-order valence-electron chi connectivity index (χ0n) is 14.7. The summed E-state index contributed by atoms with van der Waals surface area (Å²) in [7, 11) is 0. The highest BCUT2D eigenvalue weighted by atomic mass is 35.5. The SMILES string of the molecule is CCN(CC)[C@@H](CNC(=O)c1ccc(C(C)=O)s1)c1ccccc1Cl. The molecule has 0 saturated heterocycles. The summed E-state index contributed by atoms with van der Waals surface area (Å²) in [4.78, 5) is 27.2. The van der Waals surface area contributed by atoms with E-state index < -0.39 is 0 Å². The van der Waals surface area contributed by atoms with Crippen molar-refractivity contribution >= 4 is 34.6 Å². The van der Waals surface area contributed by atoms with Crippen molar-refractivity contribution in [3.05, 3.63) is 56.7 Å². The highest BCUT2D eigenvalue weighted by Crippen LogP contribution is 2.27. The Kier molecular flexibility index (Phi) is 7.17. The molecule has 0 fully saturated rings. The Morgan fingerprint density at radius 2 is 1.76 bits per heavy atom. The fourth-order valence-corrected chi connectivity index (χ4v) is 3.85. The van der Waals surface area contributed by atoms with Crippen LogP contribution in [0, 0.1) is 0 Å². The van der Waals surface area contributed by atoms with Gasteiger partial charge >= 0.3 is 0 Å². The van der Waals surface area contributed by atoms with Crippen molar-refractivity contribution in [2.24, 2.45) is 0 Å². The normalized spacial score (nSPS) is 12.2. The topological polar surface area (TPSA) is 49.4 Å². The number of hydrogen-bond acceptors (Lipinski definition) is 4. The van der Waals surface area contributed by atoms with E-state index in [1.807, 2.05) is 24.3 Å². The molecular formula is C19H23ClN2O2S. The lowest BCUT2D eigenvalue weighted by molar-refractivity contribution is 0.0938. The Balaban J connectivity index is 2.15. The second-order valence-electron chi connectivity index (χ2n) is 5.69. The maximum Gasteiger partial charge on any atom is 0.261 e. The summed E-state index contributed by atoms with van der Waals surface area (Å²) in [5, 5.41) is 3.68. The molecule has 0 bridgehead atoms. The van der Waals surface area contributed by atoms with Gasteiger partial charge in [-0.05, 0) is 43.8 Å². The molecule has 0 aliphatic carbocycles. The second kappa shape index (κ2) is 9.13. The number of hydrogen-bond donors (Lipinski definition) is 1. The molecule has 0 spiro atoms. The molecule has 1 heterocycles. The third-order valence-electron chi connectivity index (χ3n) is 4.15. The first-order valence-electron chi connectivity index (χ1n) is 8.35. The van der Waals surface area contributed by atoms with Gasteiger partial charge in [-0.25, -0.2) is 0 Å². The van der Waals surface area contributed by atoms with E-state index in [0.717, 1.165) is 18.7 Å². The van der Waals surface area contributed by atoms with Crippen LogP contribution in [0.2, 0.25) is 5.02 Å². The van der Waals surface area contributed by atoms with Crippen LogP contribution in [0.15, 0.2) is 36.4 Å². The molecule has 134 valence electrons. The van der Waals surface area contributed by atoms with Gasteiger partial charge < -0.3 is 5.32 Å². The number of halogens is 1. The summed E-state index contributed by atoms with van der Waals surface area (Å²) in [5.41, 5.74) is 1.00. The van der Waals surface area contributed by atoms with Crippen molar-refractivity contribution < 1.29 is 9.59 Å². The minimum absolute atomic E-state index is 0.000102. The van der Waals surface area contributed by atoms with E-state index >= 15 is 0 Å². The lowest BCUT2D eigenvalue weighted by Crippen LogP contribution is -2.38. The number of nitrogens with one attached hydrogen (secondary N) is 1. The summed E-state index contributed by atoms with van der Waals surface area (Å²) >= 11 is 7.59. The van der Waals surface area contributed by atoms with Crippen LogP contribution in [-0.4, -0.2) is 36.2 Å². The summed E-state index contributed by atoms with van der Waals surface area (Å²) in [6.45, 7) is 7.85. The number of benzene rings is 1. The molecule has 1 aromatic heterocycles. The molecule has 25 heavy (non-hydrogen) atoms. The molecule has 1 aromatic carbocycles. The molecule has 1 atom stereocenters. The van der Waals surface area contributed by atoms with E-state index in [4.69, 9.17) is 11.6 Å². The summed E-state index contributed by atoms with van der Waals surface area (Å²) in [6, 6.07) is 11.1. The monoisotopic (exact) mass is 378 g/mol. The van der Waals surface area contributed by atoms with Crippen LogP contribution in [0.4, 0.5) is 0 Å². The summed E-state index contributed by atoms with van der Waals surface area (Å²) < 4.78 is 0. The number of nitrogens with zero attached hydrogens (tertiary/aromatic N) is 1. The third kappa shape index (κ3) is 4.91. The van der Waals surface area contributed by atoms with Crippen LogP contribution >= 0.6 is 22.9 Å². The molecule has 6 heteroatoms. The Labute approximate surface area is 157 Å².